The molecule has 0 heterocycles. The second-order valence-electron chi connectivity index (χ2n) is 11.3. The molecule has 4 rings (SSSR count). The Hall–Kier alpha value is -4.18. The standard InChI is InChI=1S/C38H42O4.2C2H6/c1-11-29-13-17-31(18-14-29)37(39)41-35-25(7)21(3)33(22(4)26(35)8)34-23(5)27(9)36(28(10)24(34)6)42-38(40)32-19-15-30(12-2)16-20-32;2*1-2/h13-20H,11-12H2,1-10H3;2*1-2H3. The van der Waals surface area contributed by atoms with Crippen LogP contribution in [0.15, 0.2) is 48.5 Å². The lowest BCUT2D eigenvalue weighted by Gasteiger charge is -2.25. The molecule has 0 fully saturated rings. The van der Waals surface area contributed by atoms with Crippen molar-refractivity contribution in [3.63, 3.8) is 0 Å². The predicted molar refractivity (Wildman–Crippen MR) is 194 cm³/mol. The molecule has 0 radical (unpaired) electrons. The number of aryl methyl sites for hydroxylation is 2. The summed E-state index contributed by atoms with van der Waals surface area (Å²) in [6, 6.07) is 15.2. The molecule has 0 aliphatic rings. The maximum Gasteiger partial charge on any atom is 0.343 e. The number of ether oxygens (including phenoxy) is 2. The average molecular weight is 623 g/mol. The van der Waals surface area contributed by atoms with E-state index in [1.165, 1.54) is 11.1 Å². The van der Waals surface area contributed by atoms with E-state index in [4.69, 9.17) is 9.47 Å². The molecule has 0 atom stereocenters. The molecule has 0 aliphatic heterocycles. The summed E-state index contributed by atoms with van der Waals surface area (Å²) >= 11 is 0. The van der Waals surface area contributed by atoms with Crippen LogP contribution in [-0.4, -0.2) is 11.9 Å². The maximum atomic E-state index is 13.1. The summed E-state index contributed by atoms with van der Waals surface area (Å²) in [6.07, 6.45) is 1.84. The molecule has 46 heavy (non-hydrogen) atoms. The third-order valence-electron chi connectivity index (χ3n) is 8.95. The minimum atomic E-state index is -0.357. The molecular weight excluding hydrogens is 568 g/mol. The Labute approximate surface area is 278 Å². The van der Waals surface area contributed by atoms with Crippen LogP contribution in [0.4, 0.5) is 0 Å². The van der Waals surface area contributed by atoms with Gasteiger partial charge < -0.3 is 9.47 Å². The molecular formula is C42H54O4. The van der Waals surface area contributed by atoms with E-state index in [0.717, 1.165) is 68.5 Å². The van der Waals surface area contributed by atoms with Gasteiger partial charge in [0, 0.05) is 0 Å². The molecule has 246 valence electrons. The quantitative estimate of drug-likeness (QED) is 0.152. The first-order chi connectivity index (χ1) is 21.9. The lowest BCUT2D eigenvalue weighted by molar-refractivity contribution is 0.0722. The highest BCUT2D eigenvalue weighted by molar-refractivity contribution is 5.93. The minimum absolute atomic E-state index is 0.357. The number of esters is 2. The smallest absolute Gasteiger partial charge is 0.343 e. The third kappa shape index (κ3) is 7.78. The van der Waals surface area contributed by atoms with Gasteiger partial charge in [-0.25, -0.2) is 9.59 Å². The topological polar surface area (TPSA) is 52.6 Å². The first-order valence-electron chi connectivity index (χ1n) is 16.7. The van der Waals surface area contributed by atoms with Crippen molar-refractivity contribution >= 4 is 11.9 Å². The zero-order valence-electron chi connectivity index (χ0n) is 30.7. The summed E-state index contributed by atoms with van der Waals surface area (Å²) in [5.41, 5.74) is 13.7. The van der Waals surface area contributed by atoms with Crippen LogP contribution in [0.1, 0.15) is 118 Å². The molecule has 4 aromatic carbocycles. The number of rotatable bonds is 7. The number of hydrogen-bond acceptors (Lipinski definition) is 4. The van der Waals surface area contributed by atoms with Crippen molar-refractivity contribution in [3.8, 4) is 22.6 Å². The molecule has 4 nitrogen and oxygen atoms in total. The van der Waals surface area contributed by atoms with E-state index in [2.05, 4.69) is 41.5 Å². The Morgan fingerprint density at radius 3 is 0.891 bits per heavy atom. The molecule has 0 bridgehead atoms. The predicted octanol–water partition coefficient (Wildman–Crippen LogP) is 11.4. The Bertz CT molecular complexity index is 1490. The van der Waals surface area contributed by atoms with Crippen LogP contribution in [-0.2, 0) is 12.8 Å². The number of hydrogen-bond donors (Lipinski definition) is 0. The fourth-order valence-electron chi connectivity index (χ4n) is 5.67. The maximum absolute atomic E-state index is 13.1. The van der Waals surface area contributed by atoms with Gasteiger partial charge in [-0.2, -0.15) is 0 Å². The van der Waals surface area contributed by atoms with Gasteiger partial charge in [-0.15, -0.1) is 0 Å². The molecule has 0 saturated carbocycles. The van der Waals surface area contributed by atoms with Crippen LogP contribution in [0.5, 0.6) is 11.5 Å². The fourth-order valence-corrected chi connectivity index (χ4v) is 5.67. The van der Waals surface area contributed by atoms with E-state index in [-0.39, 0.29) is 11.9 Å². The first kappa shape index (κ1) is 38.0. The molecule has 4 aromatic rings. The summed E-state index contributed by atoms with van der Waals surface area (Å²) < 4.78 is 12.0. The Morgan fingerprint density at radius 2 is 0.674 bits per heavy atom. The lowest BCUT2D eigenvalue weighted by atomic mass is 9.82. The van der Waals surface area contributed by atoms with E-state index in [0.29, 0.717) is 22.6 Å². The Kier molecular flexibility index (Phi) is 14.0. The zero-order valence-corrected chi connectivity index (χ0v) is 30.7. The average Bonchev–Trinajstić information content (AvgIpc) is 3.09. The minimum Gasteiger partial charge on any atom is -0.422 e. The van der Waals surface area contributed by atoms with E-state index in [1.807, 2.05) is 104 Å². The van der Waals surface area contributed by atoms with Crippen molar-refractivity contribution in [2.75, 3.05) is 0 Å². The fraction of sp³-hybridized carbons (Fsp3) is 0.381. The highest BCUT2D eigenvalue weighted by Gasteiger charge is 2.25. The first-order valence-corrected chi connectivity index (χ1v) is 16.7. The molecule has 0 saturated heterocycles. The van der Waals surface area contributed by atoms with Crippen LogP contribution in [0.2, 0.25) is 0 Å². The normalized spacial score (nSPS) is 10.3. The highest BCUT2D eigenvalue weighted by atomic mass is 16.5. The largest absolute Gasteiger partial charge is 0.422 e. The number of carbonyl (C=O) groups is 2. The van der Waals surface area contributed by atoms with Gasteiger partial charge in [0.2, 0.25) is 0 Å². The van der Waals surface area contributed by atoms with Gasteiger partial charge in [0.05, 0.1) is 11.1 Å². The van der Waals surface area contributed by atoms with E-state index in [1.54, 1.807) is 0 Å². The molecule has 0 aromatic heterocycles. The molecule has 4 heteroatoms. The van der Waals surface area contributed by atoms with E-state index < -0.39 is 0 Å². The molecule has 0 spiro atoms. The second-order valence-corrected chi connectivity index (χ2v) is 11.3. The summed E-state index contributed by atoms with van der Waals surface area (Å²) in [5.74, 6) is 0.512. The Morgan fingerprint density at radius 1 is 0.435 bits per heavy atom. The third-order valence-corrected chi connectivity index (χ3v) is 8.95. The van der Waals surface area contributed by atoms with E-state index in [9.17, 15) is 9.59 Å². The second kappa shape index (κ2) is 16.9. The lowest BCUT2D eigenvalue weighted by Crippen LogP contribution is -2.13. The van der Waals surface area contributed by atoms with Crippen LogP contribution in [0.25, 0.3) is 11.1 Å². The van der Waals surface area contributed by atoms with Gasteiger partial charge in [-0.3, -0.25) is 0 Å². The molecule has 0 amide bonds. The Balaban J connectivity index is 0.00000177. The van der Waals surface area contributed by atoms with Crippen molar-refractivity contribution < 1.29 is 19.1 Å². The van der Waals surface area contributed by atoms with Gasteiger partial charge >= 0.3 is 11.9 Å². The van der Waals surface area contributed by atoms with Crippen LogP contribution in [0, 0.1) is 55.4 Å². The van der Waals surface area contributed by atoms with Crippen molar-refractivity contribution in [2.45, 2.75) is 110 Å². The van der Waals surface area contributed by atoms with Gasteiger partial charge in [-0.05, 0) is 159 Å². The van der Waals surface area contributed by atoms with E-state index >= 15 is 0 Å². The van der Waals surface area contributed by atoms with Gasteiger partial charge in [0.1, 0.15) is 11.5 Å². The van der Waals surface area contributed by atoms with Gasteiger partial charge in [0.15, 0.2) is 0 Å². The van der Waals surface area contributed by atoms with Crippen molar-refractivity contribution in [1.29, 1.82) is 0 Å². The monoisotopic (exact) mass is 622 g/mol. The van der Waals surface area contributed by atoms with Crippen LogP contribution >= 0.6 is 0 Å². The molecule has 0 unspecified atom stereocenters. The number of benzene rings is 4. The number of carbonyl (C=O) groups excluding carboxylic acids is 2. The molecule has 0 aliphatic carbocycles. The van der Waals surface area contributed by atoms with Crippen molar-refractivity contribution in [3.05, 3.63) is 115 Å². The van der Waals surface area contributed by atoms with Gasteiger partial charge in [0.25, 0.3) is 0 Å². The summed E-state index contributed by atoms with van der Waals surface area (Å²) in [6.45, 7) is 28.6. The SMILES string of the molecule is CC.CC.CCc1ccc(C(=O)Oc2c(C)c(C)c(-c3c(C)c(C)c(OC(=O)c4ccc(CC)cc4)c(C)c3C)c(C)c2C)cc1. The highest BCUT2D eigenvalue weighted by Crippen LogP contribution is 2.44. The van der Waals surface area contributed by atoms with Crippen LogP contribution < -0.4 is 9.47 Å². The molecule has 0 N–H and O–H groups in total. The summed E-state index contributed by atoms with van der Waals surface area (Å²) in [5, 5.41) is 0. The van der Waals surface area contributed by atoms with Gasteiger partial charge in [-0.1, -0.05) is 65.8 Å². The zero-order chi connectivity index (χ0) is 34.9. The summed E-state index contributed by atoms with van der Waals surface area (Å²) in [4.78, 5) is 26.2. The van der Waals surface area contributed by atoms with Crippen molar-refractivity contribution in [2.24, 2.45) is 0 Å². The summed E-state index contributed by atoms with van der Waals surface area (Å²) in [7, 11) is 0. The van der Waals surface area contributed by atoms with Crippen molar-refractivity contribution in [1.82, 2.24) is 0 Å². The van der Waals surface area contributed by atoms with Crippen LogP contribution in [0.3, 0.4) is 0 Å².